The van der Waals surface area contributed by atoms with Gasteiger partial charge in [-0.25, -0.2) is 4.79 Å². The zero-order valence-electron chi connectivity index (χ0n) is 5.67. The van der Waals surface area contributed by atoms with Crippen LogP contribution in [0.5, 0.6) is 0 Å². The number of carboxylic acid groups (broad SMARTS) is 1. The topological polar surface area (TPSA) is 55.8 Å². The van der Waals surface area contributed by atoms with E-state index in [1.54, 1.807) is 0 Å². The summed E-state index contributed by atoms with van der Waals surface area (Å²) in [4.78, 5) is 10.2. The van der Waals surface area contributed by atoms with E-state index in [-0.39, 0.29) is 18.9 Å². The van der Waals surface area contributed by atoms with Gasteiger partial charge in [0.15, 0.2) is 0 Å². The van der Waals surface area contributed by atoms with Gasteiger partial charge in [0.05, 0.1) is 0 Å². The third kappa shape index (κ3) is 2.71. The molecule has 0 radical (unpaired) electrons. The fraction of sp³-hybridized carbons (Fsp3) is 0.800. The first kappa shape index (κ1) is 12.6. The third-order valence-corrected chi connectivity index (χ3v) is 1.17. The van der Waals surface area contributed by atoms with Crippen LogP contribution in [-0.2, 0) is 14.3 Å². The molecule has 0 aromatic carbocycles. The van der Waals surface area contributed by atoms with Crippen LogP contribution in [0.4, 0.5) is 0 Å². The summed E-state index contributed by atoms with van der Waals surface area (Å²) in [6, 6.07) is 0. The molecule has 10 heavy (non-hydrogen) atoms. The van der Waals surface area contributed by atoms with Gasteiger partial charge in [-0.15, -0.1) is 0 Å². The Bertz CT molecular complexity index is 110. The van der Waals surface area contributed by atoms with Gasteiger partial charge in [-0.1, -0.05) is 0 Å². The van der Waals surface area contributed by atoms with E-state index >= 15 is 0 Å². The fourth-order valence-electron chi connectivity index (χ4n) is 0.258. The summed E-state index contributed by atoms with van der Waals surface area (Å²) < 4.78 is 9.05. The van der Waals surface area contributed by atoms with Crippen LogP contribution in [0.15, 0.2) is 0 Å². The van der Waals surface area contributed by atoms with Crippen LogP contribution < -0.4 is 0 Å². The van der Waals surface area contributed by atoms with Gasteiger partial charge in [0, 0.05) is 21.1 Å². The van der Waals surface area contributed by atoms with Gasteiger partial charge in [0.25, 0.3) is 5.79 Å². The summed E-state index contributed by atoms with van der Waals surface area (Å²) in [6.07, 6.45) is 0. The first-order valence-electron chi connectivity index (χ1n) is 2.40. The summed E-state index contributed by atoms with van der Waals surface area (Å²) in [5.74, 6) is -2.63. The summed E-state index contributed by atoms with van der Waals surface area (Å²) in [6.45, 7) is 1.33. The van der Waals surface area contributed by atoms with Crippen molar-refractivity contribution in [3.63, 3.8) is 0 Å². The second kappa shape index (κ2) is 4.75. The second-order valence-corrected chi connectivity index (χ2v) is 1.66. The van der Waals surface area contributed by atoms with Gasteiger partial charge in [0.2, 0.25) is 0 Å². The molecule has 0 aliphatic rings. The molecule has 0 atom stereocenters. The Morgan fingerprint density at radius 3 is 1.70 bits per heavy atom. The van der Waals surface area contributed by atoms with Gasteiger partial charge in [0.1, 0.15) is 0 Å². The summed E-state index contributed by atoms with van der Waals surface area (Å²) in [7, 11) is 2.55. The predicted molar refractivity (Wildman–Crippen MR) is 37.2 cm³/mol. The molecule has 0 fully saturated rings. The molecular formula is C5H11LiO4. The van der Waals surface area contributed by atoms with Crippen molar-refractivity contribution in [1.29, 1.82) is 0 Å². The molecule has 4 nitrogen and oxygen atoms in total. The molecule has 0 aliphatic heterocycles. The summed E-state index contributed by atoms with van der Waals surface area (Å²) in [5.41, 5.74) is 0. The molecule has 0 bridgehead atoms. The van der Waals surface area contributed by atoms with E-state index in [4.69, 9.17) is 5.11 Å². The average molecular weight is 142 g/mol. The average Bonchev–Trinajstić information content (AvgIpc) is 1.86. The molecule has 0 amide bonds. The monoisotopic (exact) mass is 142 g/mol. The van der Waals surface area contributed by atoms with Crippen molar-refractivity contribution in [1.82, 2.24) is 0 Å². The number of rotatable bonds is 3. The van der Waals surface area contributed by atoms with Crippen LogP contribution >= 0.6 is 0 Å². The molecule has 5 heteroatoms. The molecule has 0 aromatic heterocycles. The van der Waals surface area contributed by atoms with E-state index in [1.165, 1.54) is 21.1 Å². The second-order valence-electron chi connectivity index (χ2n) is 1.66. The SMILES string of the molecule is COC(C)(OC)C(=O)O.[LiH]. The normalized spacial score (nSPS) is 10.3. The minimum absolute atomic E-state index is 0. The number of ether oxygens (including phenoxy) is 2. The number of aliphatic carboxylic acids is 1. The fourth-order valence-corrected chi connectivity index (χ4v) is 0.258. The van der Waals surface area contributed by atoms with E-state index in [0.717, 1.165) is 0 Å². The molecule has 1 N–H and O–H groups in total. The van der Waals surface area contributed by atoms with Crippen LogP contribution in [0, 0.1) is 0 Å². The Morgan fingerprint density at radius 1 is 1.40 bits per heavy atom. The summed E-state index contributed by atoms with van der Waals surface area (Å²) >= 11 is 0. The van der Waals surface area contributed by atoms with E-state index in [0.29, 0.717) is 0 Å². The standard InChI is InChI=1S/C5H10O4.Li.H/c1-5(8-2,9-3)4(6)7;;/h1-3H3,(H,6,7);;. The maximum atomic E-state index is 10.2. The Morgan fingerprint density at radius 2 is 1.70 bits per heavy atom. The molecule has 0 spiro atoms. The quantitative estimate of drug-likeness (QED) is 0.423. The van der Waals surface area contributed by atoms with Gasteiger partial charge in [-0.05, 0) is 0 Å². The van der Waals surface area contributed by atoms with Gasteiger partial charge >= 0.3 is 24.8 Å². The van der Waals surface area contributed by atoms with E-state index in [9.17, 15) is 4.79 Å². The van der Waals surface area contributed by atoms with Crippen LogP contribution in [0.2, 0.25) is 0 Å². The molecule has 0 aromatic rings. The Balaban J connectivity index is 0. The van der Waals surface area contributed by atoms with Gasteiger partial charge in [-0.3, -0.25) is 0 Å². The third-order valence-electron chi connectivity index (χ3n) is 1.17. The van der Waals surface area contributed by atoms with E-state index in [2.05, 4.69) is 9.47 Å². The molecule has 56 valence electrons. The molecule has 0 heterocycles. The molecule has 0 rings (SSSR count). The molecule has 0 saturated heterocycles. The molecule has 0 unspecified atom stereocenters. The van der Waals surface area contributed by atoms with Crippen molar-refractivity contribution in [2.24, 2.45) is 0 Å². The number of carbonyl (C=O) groups is 1. The minimum atomic E-state index is -1.50. The van der Waals surface area contributed by atoms with E-state index < -0.39 is 11.8 Å². The van der Waals surface area contributed by atoms with Crippen molar-refractivity contribution >= 4 is 24.8 Å². The summed E-state index contributed by atoms with van der Waals surface area (Å²) in [5, 5.41) is 8.38. The zero-order valence-corrected chi connectivity index (χ0v) is 5.67. The van der Waals surface area contributed by atoms with Crippen LogP contribution in [0.1, 0.15) is 6.92 Å². The van der Waals surface area contributed by atoms with Gasteiger partial charge in [-0.2, -0.15) is 0 Å². The van der Waals surface area contributed by atoms with Crippen molar-refractivity contribution in [3.8, 4) is 0 Å². The molecule has 0 aliphatic carbocycles. The van der Waals surface area contributed by atoms with E-state index in [1.807, 2.05) is 0 Å². The molecule has 0 saturated carbocycles. The first-order chi connectivity index (χ1) is 4.06. The van der Waals surface area contributed by atoms with Crippen molar-refractivity contribution in [3.05, 3.63) is 0 Å². The first-order valence-corrected chi connectivity index (χ1v) is 2.40. The predicted octanol–water partition coefficient (Wildman–Crippen LogP) is -0.569. The van der Waals surface area contributed by atoms with Crippen LogP contribution in [0.25, 0.3) is 0 Å². The van der Waals surface area contributed by atoms with Crippen molar-refractivity contribution < 1.29 is 19.4 Å². The van der Waals surface area contributed by atoms with Crippen LogP contribution in [-0.4, -0.2) is 49.9 Å². The zero-order chi connectivity index (χ0) is 7.49. The number of carboxylic acids is 1. The maximum absolute atomic E-state index is 10.2. The Labute approximate surface area is 71.7 Å². The molecular weight excluding hydrogens is 131 g/mol. The Hall–Kier alpha value is -0.0126. The Kier molecular flexibility index (Phi) is 6.01. The van der Waals surface area contributed by atoms with Crippen molar-refractivity contribution in [2.45, 2.75) is 12.7 Å². The number of methoxy groups -OCH3 is 2. The van der Waals surface area contributed by atoms with Gasteiger partial charge < -0.3 is 14.6 Å². The van der Waals surface area contributed by atoms with Crippen molar-refractivity contribution in [2.75, 3.05) is 14.2 Å². The van der Waals surface area contributed by atoms with Crippen LogP contribution in [0.3, 0.4) is 0 Å². The number of hydrogen-bond donors (Lipinski definition) is 1. The number of hydrogen-bond acceptors (Lipinski definition) is 3.